The lowest BCUT2D eigenvalue weighted by Gasteiger charge is -2.10. The van der Waals surface area contributed by atoms with Gasteiger partial charge in [-0.1, -0.05) is 60.7 Å². The van der Waals surface area contributed by atoms with Gasteiger partial charge in [-0.25, -0.2) is 0 Å². The number of aryl methyl sites for hydroxylation is 2. The summed E-state index contributed by atoms with van der Waals surface area (Å²) in [5.41, 5.74) is 9.48. The van der Waals surface area contributed by atoms with Crippen molar-refractivity contribution in [3.05, 3.63) is 83.6 Å². The number of pyridine rings is 1. The van der Waals surface area contributed by atoms with E-state index >= 15 is 0 Å². The lowest BCUT2D eigenvalue weighted by molar-refractivity contribution is -0.744. The molecule has 0 fully saturated rings. The largest absolute Gasteiger partial charge is 0.205 e. The summed E-state index contributed by atoms with van der Waals surface area (Å²) in [6.07, 6.45) is 2.34. The predicted octanol–water partition coefficient (Wildman–Crippen LogP) is 5.18. The zero-order valence-corrected chi connectivity index (χ0v) is 15.0. The Morgan fingerprint density at radius 3 is 2.19 bits per heavy atom. The van der Waals surface area contributed by atoms with Gasteiger partial charge in [-0.15, -0.1) is 9.20 Å². The van der Waals surface area contributed by atoms with Crippen molar-refractivity contribution in [1.29, 1.82) is 0 Å². The highest BCUT2D eigenvalue weighted by atomic mass is 15.4. The molecule has 2 nitrogen and oxygen atoms in total. The topological polar surface area (TPSA) is 8.29 Å². The predicted molar refractivity (Wildman–Crippen MR) is 107 cm³/mol. The van der Waals surface area contributed by atoms with Crippen LogP contribution in [0.1, 0.15) is 16.7 Å². The minimum atomic E-state index is 0.940. The van der Waals surface area contributed by atoms with E-state index in [2.05, 4.69) is 89.9 Å². The summed E-state index contributed by atoms with van der Waals surface area (Å²) >= 11 is 0. The van der Waals surface area contributed by atoms with Crippen molar-refractivity contribution in [3.8, 4) is 11.1 Å². The molecule has 5 aromatic rings. The molecule has 2 heteroatoms. The van der Waals surface area contributed by atoms with E-state index in [1.807, 2.05) is 0 Å². The van der Waals surface area contributed by atoms with Crippen molar-refractivity contribution in [2.24, 2.45) is 0 Å². The first-order chi connectivity index (χ1) is 12.7. The second-order valence-corrected chi connectivity index (χ2v) is 7.43. The third-order valence-corrected chi connectivity index (χ3v) is 5.89. The van der Waals surface area contributed by atoms with Gasteiger partial charge in [0.2, 0.25) is 6.20 Å². The van der Waals surface area contributed by atoms with Crippen LogP contribution in [0.4, 0.5) is 0 Å². The zero-order chi connectivity index (χ0) is 17.4. The Kier molecular flexibility index (Phi) is 2.56. The Balaban J connectivity index is 1.93. The number of fused-ring (bicyclic) bond motifs is 3. The van der Waals surface area contributed by atoms with Gasteiger partial charge in [0.15, 0.2) is 6.54 Å². The summed E-state index contributed by atoms with van der Waals surface area (Å²) < 4.78 is 4.81. The molecule has 0 radical (unpaired) electrons. The first-order valence-corrected chi connectivity index (χ1v) is 9.18. The Labute approximate surface area is 151 Å². The summed E-state index contributed by atoms with van der Waals surface area (Å²) in [6, 6.07) is 22.1. The van der Waals surface area contributed by atoms with Crippen LogP contribution in [0.5, 0.6) is 0 Å². The molecular weight excluding hydrogens is 316 g/mol. The SMILES string of the molecule is Cc1cccc(C)c1-c1c[n+]2n3c4c(cccc4c4ccccc4c13)C2. The lowest BCUT2D eigenvalue weighted by atomic mass is 9.94. The fraction of sp³-hybridized carbons (Fsp3) is 0.125. The third-order valence-electron chi connectivity index (χ3n) is 5.89. The normalized spacial score (nSPS) is 12.8. The van der Waals surface area contributed by atoms with Crippen molar-refractivity contribution in [3.63, 3.8) is 0 Å². The van der Waals surface area contributed by atoms with Gasteiger partial charge in [-0.3, -0.25) is 0 Å². The van der Waals surface area contributed by atoms with Gasteiger partial charge in [0.25, 0.3) is 0 Å². The van der Waals surface area contributed by atoms with E-state index in [9.17, 15) is 0 Å². The van der Waals surface area contributed by atoms with Gasteiger partial charge >= 0.3 is 0 Å². The van der Waals surface area contributed by atoms with Crippen molar-refractivity contribution in [2.45, 2.75) is 20.4 Å². The smallest absolute Gasteiger partial charge is 0.118 e. The van der Waals surface area contributed by atoms with Crippen LogP contribution in [0.15, 0.2) is 66.9 Å². The second kappa shape index (κ2) is 4.73. The Hall–Kier alpha value is -3.13. The van der Waals surface area contributed by atoms with Gasteiger partial charge in [-0.05, 0) is 35.9 Å². The summed E-state index contributed by atoms with van der Waals surface area (Å²) in [7, 11) is 0. The molecule has 1 aliphatic rings. The van der Waals surface area contributed by atoms with E-state index in [1.54, 1.807) is 0 Å². The number of nitrogens with zero attached hydrogens (tertiary/aromatic N) is 2. The van der Waals surface area contributed by atoms with Crippen LogP contribution in [0.3, 0.4) is 0 Å². The quantitative estimate of drug-likeness (QED) is 0.289. The van der Waals surface area contributed by atoms with E-state index in [-0.39, 0.29) is 0 Å². The molecule has 0 bridgehead atoms. The van der Waals surface area contributed by atoms with Crippen molar-refractivity contribution < 1.29 is 4.68 Å². The Morgan fingerprint density at radius 1 is 0.731 bits per heavy atom. The van der Waals surface area contributed by atoms with Gasteiger partial charge in [-0.2, -0.15) is 0 Å². The molecule has 0 amide bonds. The van der Waals surface area contributed by atoms with Crippen LogP contribution in [-0.4, -0.2) is 4.52 Å². The number of rotatable bonds is 1. The average molecular weight is 335 g/mol. The highest BCUT2D eigenvalue weighted by Gasteiger charge is 2.30. The number of hydrogen-bond acceptors (Lipinski definition) is 0. The summed E-state index contributed by atoms with van der Waals surface area (Å²) in [4.78, 5) is 0. The van der Waals surface area contributed by atoms with E-state index in [0.717, 1.165) is 6.54 Å². The maximum Gasteiger partial charge on any atom is 0.205 e. The molecule has 124 valence electrons. The monoisotopic (exact) mass is 335 g/mol. The molecule has 0 spiro atoms. The molecular formula is C24H19N2+. The first-order valence-electron chi connectivity index (χ1n) is 9.18. The van der Waals surface area contributed by atoms with Crippen molar-refractivity contribution >= 4 is 27.2 Å². The average Bonchev–Trinajstić information content (AvgIpc) is 3.18. The van der Waals surface area contributed by atoms with E-state index in [0.29, 0.717) is 0 Å². The Bertz CT molecular complexity index is 1350. The second-order valence-electron chi connectivity index (χ2n) is 7.43. The molecule has 3 aromatic carbocycles. The van der Waals surface area contributed by atoms with Gasteiger partial charge < -0.3 is 0 Å². The highest BCUT2D eigenvalue weighted by molar-refractivity contribution is 6.16. The van der Waals surface area contributed by atoms with Crippen LogP contribution < -0.4 is 4.68 Å². The molecule has 0 aliphatic carbocycles. The molecule has 0 N–H and O–H groups in total. The van der Waals surface area contributed by atoms with Crippen LogP contribution in [0.25, 0.3) is 38.3 Å². The first kappa shape index (κ1) is 14.1. The molecule has 0 saturated heterocycles. The molecule has 0 saturated carbocycles. The molecule has 0 atom stereocenters. The minimum Gasteiger partial charge on any atom is -0.118 e. The van der Waals surface area contributed by atoms with Crippen molar-refractivity contribution in [2.75, 3.05) is 0 Å². The van der Waals surface area contributed by atoms with Crippen molar-refractivity contribution in [1.82, 2.24) is 4.52 Å². The van der Waals surface area contributed by atoms with Crippen LogP contribution in [-0.2, 0) is 6.54 Å². The zero-order valence-electron chi connectivity index (χ0n) is 15.0. The highest BCUT2D eigenvalue weighted by Crippen LogP contribution is 2.39. The van der Waals surface area contributed by atoms with Crippen LogP contribution in [0, 0.1) is 13.8 Å². The molecule has 1 aliphatic heterocycles. The maximum atomic E-state index is 2.44. The summed E-state index contributed by atoms with van der Waals surface area (Å²) in [5.74, 6) is 0. The van der Waals surface area contributed by atoms with Crippen LogP contribution >= 0.6 is 0 Å². The number of benzene rings is 3. The number of para-hydroxylation sites is 1. The molecule has 26 heavy (non-hydrogen) atoms. The van der Waals surface area contributed by atoms with Gasteiger partial charge in [0.05, 0.1) is 5.56 Å². The molecule has 6 rings (SSSR count). The lowest BCUT2D eigenvalue weighted by Crippen LogP contribution is -2.34. The fourth-order valence-corrected chi connectivity index (χ4v) is 4.83. The summed E-state index contributed by atoms with van der Waals surface area (Å²) in [6.45, 7) is 5.38. The number of aromatic nitrogens is 2. The maximum absolute atomic E-state index is 2.44. The molecule has 0 unspecified atom stereocenters. The standard InChI is InChI=1S/C24H19N2/c1-15-7-5-8-16(2)22(15)21-14-25-13-17-9-6-12-19-18-10-3-4-11-20(18)24(21)26(25)23(17)19/h3-12,14H,13H2,1-2H3/q+1. The van der Waals surface area contributed by atoms with Crippen LogP contribution in [0.2, 0.25) is 0 Å². The molecule has 3 heterocycles. The van der Waals surface area contributed by atoms with E-state index in [1.165, 1.54) is 55.0 Å². The minimum absolute atomic E-state index is 0.940. The molecule has 2 aromatic heterocycles. The summed E-state index contributed by atoms with van der Waals surface area (Å²) in [5, 5.41) is 4.02. The van der Waals surface area contributed by atoms with Gasteiger partial charge in [0.1, 0.15) is 11.0 Å². The Morgan fingerprint density at radius 2 is 1.38 bits per heavy atom. The number of hydrogen-bond donors (Lipinski definition) is 0. The van der Waals surface area contributed by atoms with E-state index < -0.39 is 0 Å². The third kappa shape index (κ3) is 1.60. The van der Waals surface area contributed by atoms with Gasteiger partial charge in [0, 0.05) is 16.3 Å². The fourth-order valence-electron chi connectivity index (χ4n) is 4.83. The van der Waals surface area contributed by atoms with E-state index in [4.69, 9.17) is 0 Å².